The number of carboxylic acids is 1. The first-order valence-electron chi connectivity index (χ1n) is 7.93. The number of quaternary nitrogens is 1. The lowest BCUT2D eigenvalue weighted by molar-refractivity contribution is -0.905. The zero-order chi connectivity index (χ0) is 17.0. The average Bonchev–Trinajstić information content (AvgIpc) is 2.42. The Labute approximate surface area is 138 Å². The Morgan fingerprint density at radius 3 is 2.26 bits per heavy atom. The smallest absolute Gasteiger partial charge is 0.359 e. The number of unbranched alkanes of at least 4 members (excludes halogenated alkanes) is 3. The minimum atomic E-state index is -0.957. The highest BCUT2D eigenvalue weighted by molar-refractivity contribution is 5.67. The fourth-order valence-electron chi connectivity index (χ4n) is 2.44. The summed E-state index contributed by atoms with van der Waals surface area (Å²) < 4.78 is 5.38. The molecule has 23 heavy (non-hydrogen) atoms. The molecule has 0 aliphatic heterocycles. The monoisotopic (exact) mass is 339 g/mol. The maximum Gasteiger partial charge on any atom is 0.359 e. The summed E-state index contributed by atoms with van der Waals surface area (Å²) >= 11 is 0. The fraction of sp³-hybridized carbons (Fsp3) is 0.933. The van der Waals surface area contributed by atoms with Crippen molar-refractivity contribution in [2.75, 3.05) is 46.5 Å². The zero-order valence-corrected chi connectivity index (χ0v) is 14.2. The van der Waals surface area contributed by atoms with Crippen LogP contribution in [0.5, 0.6) is 0 Å². The van der Waals surface area contributed by atoms with E-state index < -0.39 is 18.2 Å². The molecule has 0 fully saturated rings. The summed E-state index contributed by atoms with van der Waals surface area (Å²) in [4.78, 5) is 11.0. The van der Waals surface area contributed by atoms with Crippen molar-refractivity contribution >= 4 is 5.97 Å². The lowest BCUT2D eigenvalue weighted by Crippen LogP contribution is -2.53. The van der Waals surface area contributed by atoms with Gasteiger partial charge >= 0.3 is 5.97 Å². The number of hydrogen-bond donors (Lipinski definition) is 4. The standard InChI is InChI=1S/C15H31NO6.H2O/c1-3-4-5-6-7-16(2,9-15(20)21)8-13(18)11-22-12-14(19)10-17;/h13-14,17-19H,3-12H2,1-2H3;1H2. The average molecular weight is 339 g/mol. The SMILES string of the molecule is CCCCCC[N+](C)(CC(=O)O)CC(O)COCC(O)CO.[OH-]. The molecule has 0 rings (SSSR count). The molecule has 8 heteroatoms. The molecule has 0 aliphatic carbocycles. The van der Waals surface area contributed by atoms with Gasteiger partial charge in [-0.05, 0) is 12.8 Å². The van der Waals surface area contributed by atoms with Crippen molar-refractivity contribution in [3.05, 3.63) is 0 Å². The van der Waals surface area contributed by atoms with Gasteiger partial charge in [0.25, 0.3) is 0 Å². The van der Waals surface area contributed by atoms with Crippen LogP contribution >= 0.6 is 0 Å². The highest BCUT2D eigenvalue weighted by Crippen LogP contribution is 2.10. The summed E-state index contributed by atoms with van der Waals surface area (Å²) in [6.45, 7) is 2.64. The molecule has 8 nitrogen and oxygen atoms in total. The molecule has 0 aromatic rings. The fourth-order valence-corrected chi connectivity index (χ4v) is 2.44. The second-order valence-corrected chi connectivity index (χ2v) is 6.17. The zero-order valence-electron chi connectivity index (χ0n) is 14.2. The van der Waals surface area contributed by atoms with Gasteiger partial charge in [0, 0.05) is 0 Å². The maximum atomic E-state index is 11.0. The first-order chi connectivity index (χ1) is 10.3. The second kappa shape index (κ2) is 13.6. The maximum absolute atomic E-state index is 11.0. The van der Waals surface area contributed by atoms with Gasteiger partial charge in [-0.15, -0.1) is 0 Å². The van der Waals surface area contributed by atoms with Crippen LogP contribution in [0, 0.1) is 0 Å². The van der Waals surface area contributed by atoms with Gasteiger partial charge in [0.2, 0.25) is 0 Å². The number of ether oxygens (including phenoxy) is 1. The van der Waals surface area contributed by atoms with Crippen molar-refractivity contribution in [1.82, 2.24) is 0 Å². The highest BCUT2D eigenvalue weighted by atomic mass is 16.5. The molecule has 5 N–H and O–H groups in total. The molecule has 0 spiro atoms. The number of hydrogen-bond acceptors (Lipinski definition) is 6. The van der Waals surface area contributed by atoms with Crippen LogP contribution in [0.1, 0.15) is 32.6 Å². The number of nitrogens with zero attached hydrogens (tertiary/aromatic N) is 1. The molecule has 3 atom stereocenters. The van der Waals surface area contributed by atoms with Gasteiger partial charge < -0.3 is 35.1 Å². The Hall–Kier alpha value is -0.770. The van der Waals surface area contributed by atoms with E-state index in [0.717, 1.165) is 25.7 Å². The molecule has 0 aromatic carbocycles. The van der Waals surface area contributed by atoms with Gasteiger partial charge in [0.15, 0.2) is 6.54 Å². The minimum absolute atomic E-state index is 0. The highest BCUT2D eigenvalue weighted by Gasteiger charge is 2.28. The predicted molar refractivity (Wildman–Crippen MR) is 84.4 cm³/mol. The predicted octanol–water partition coefficient (Wildman–Crippen LogP) is -0.348. The third-order valence-corrected chi connectivity index (χ3v) is 3.55. The topological polar surface area (TPSA) is 137 Å². The first kappa shape index (κ1) is 24.5. The summed E-state index contributed by atoms with van der Waals surface area (Å²) in [5, 5.41) is 36.9. The van der Waals surface area contributed by atoms with E-state index in [-0.39, 0.29) is 42.9 Å². The van der Waals surface area contributed by atoms with Gasteiger partial charge in [0.1, 0.15) is 18.8 Å². The lowest BCUT2D eigenvalue weighted by atomic mass is 10.1. The molecule has 0 bridgehead atoms. The van der Waals surface area contributed by atoms with Gasteiger partial charge in [0.05, 0.1) is 33.4 Å². The van der Waals surface area contributed by atoms with Crippen LogP contribution in [0.2, 0.25) is 0 Å². The molecule has 0 saturated carbocycles. The van der Waals surface area contributed by atoms with Crippen LogP contribution in [0.3, 0.4) is 0 Å². The normalized spacial score (nSPS) is 16.2. The van der Waals surface area contributed by atoms with Crippen molar-refractivity contribution in [2.45, 2.75) is 44.8 Å². The molecule has 0 heterocycles. The molecule has 0 aliphatic rings. The van der Waals surface area contributed by atoms with Crippen LogP contribution in [0.4, 0.5) is 0 Å². The Morgan fingerprint density at radius 2 is 1.74 bits per heavy atom. The molecule has 0 amide bonds. The number of rotatable bonds is 14. The van der Waals surface area contributed by atoms with E-state index in [1.807, 2.05) is 7.05 Å². The summed E-state index contributed by atoms with van der Waals surface area (Å²) in [6.07, 6.45) is 2.46. The third kappa shape index (κ3) is 13.4. The number of carboxylic acid groups (broad SMARTS) is 1. The van der Waals surface area contributed by atoms with E-state index in [4.69, 9.17) is 20.1 Å². The van der Waals surface area contributed by atoms with E-state index >= 15 is 0 Å². The molecule has 3 unspecified atom stereocenters. The van der Waals surface area contributed by atoms with Crippen LogP contribution in [0.25, 0.3) is 0 Å². The summed E-state index contributed by atoms with van der Waals surface area (Å²) in [5.74, 6) is -0.887. The summed E-state index contributed by atoms with van der Waals surface area (Å²) in [7, 11) is 1.83. The van der Waals surface area contributed by atoms with Crippen molar-refractivity contribution in [1.29, 1.82) is 0 Å². The third-order valence-electron chi connectivity index (χ3n) is 3.55. The van der Waals surface area contributed by atoms with Crippen molar-refractivity contribution in [3.63, 3.8) is 0 Å². The number of aliphatic carboxylic acids is 1. The minimum Gasteiger partial charge on any atom is -0.870 e. The van der Waals surface area contributed by atoms with Crippen molar-refractivity contribution in [2.24, 2.45) is 0 Å². The number of likely N-dealkylation sites (N-methyl/N-ethyl adjacent to an activating group) is 1. The Kier molecular flexibility index (Phi) is 14.5. The Balaban J connectivity index is 0. The van der Waals surface area contributed by atoms with Crippen LogP contribution in [0.15, 0.2) is 0 Å². The Morgan fingerprint density at radius 1 is 1.13 bits per heavy atom. The van der Waals surface area contributed by atoms with Crippen LogP contribution < -0.4 is 0 Å². The largest absolute Gasteiger partial charge is 0.870 e. The van der Waals surface area contributed by atoms with Crippen LogP contribution in [-0.4, -0.2) is 95.1 Å². The molecule has 0 aromatic heterocycles. The number of carbonyl (C=O) groups is 1. The van der Waals surface area contributed by atoms with E-state index in [2.05, 4.69) is 6.92 Å². The molecule has 0 saturated heterocycles. The molecule has 140 valence electrons. The summed E-state index contributed by atoms with van der Waals surface area (Å²) in [5.41, 5.74) is 0. The number of aliphatic hydroxyl groups is 3. The molecular formula is C15H33NO7. The first-order valence-corrected chi connectivity index (χ1v) is 7.93. The van der Waals surface area contributed by atoms with E-state index in [1.165, 1.54) is 0 Å². The quantitative estimate of drug-likeness (QED) is 0.251. The Bertz CT molecular complexity index is 304. The molecule has 0 radical (unpaired) electrons. The lowest BCUT2D eigenvalue weighted by Gasteiger charge is -2.34. The van der Waals surface area contributed by atoms with Crippen LogP contribution in [-0.2, 0) is 9.53 Å². The van der Waals surface area contributed by atoms with E-state index in [1.54, 1.807) is 0 Å². The van der Waals surface area contributed by atoms with Gasteiger partial charge in [-0.3, -0.25) is 0 Å². The summed E-state index contributed by atoms with van der Waals surface area (Å²) in [6, 6.07) is 0. The molecular weight excluding hydrogens is 306 g/mol. The van der Waals surface area contributed by atoms with Gasteiger partial charge in [-0.2, -0.15) is 0 Å². The van der Waals surface area contributed by atoms with E-state index in [0.29, 0.717) is 6.54 Å². The van der Waals surface area contributed by atoms with Gasteiger partial charge in [-0.25, -0.2) is 4.79 Å². The second-order valence-electron chi connectivity index (χ2n) is 6.17. The van der Waals surface area contributed by atoms with Gasteiger partial charge in [-0.1, -0.05) is 19.8 Å². The van der Waals surface area contributed by atoms with E-state index in [9.17, 15) is 9.90 Å². The van der Waals surface area contributed by atoms with Crippen molar-refractivity contribution < 1.29 is 39.9 Å². The van der Waals surface area contributed by atoms with Crippen molar-refractivity contribution in [3.8, 4) is 0 Å². The number of aliphatic hydroxyl groups excluding tert-OH is 3.